The van der Waals surface area contributed by atoms with Crippen LogP contribution >= 0.6 is 11.6 Å². The van der Waals surface area contributed by atoms with Crippen molar-refractivity contribution in [3.8, 4) is 11.8 Å². The number of ketones is 1. The van der Waals surface area contributed by atoms with Crippen molar-refractivity contribution in [1.82, 2.24) is 19.4 Å². The Labute approximate surface area is 207 Å². The average Bonchev–Trinajstić information content (AvgIpc) is 3.21. The maximum atomic E-state index is 13.8. The summed E-state index contributed by atoms with van der Waals surface area (Å²) in [6.07, 6.45) is 1.34. The molecule has 1 saturated heterocycles. The third kappa shape index (κ3) is 4.09. The molecule has 0 spiro atoms. The third-order valence-corrected chi connectivity index (χ3v) is 6.51. The molecule has 3 heterocycles. The summed E-state index contributed by atoms with van der Waals surface area (Å²) in [4.78, 5) is 33.3. The standard InChI is InChI=1S/C26H23ClN6O2/c1-17-5-4-6-18(13-17)22(34)15-32-16-30-23-19(14-28)25(31-11-9-29-10-12-31)33(24(23)26(32)35)21-8-3-2-7-20(21)27/h2-8,13,16,29H,9-12,15H2,1H3. The largest absolute Gasteiger partial charge is 0.354 e. The molecule has 1 aliphatic heterocycles. The first kappa shape index (κ1) is 22.8. The van der Waals surface area contributed by atoms with Crippen molar-refractivity contribution >= 4 is 34.2 Å². The molecule has 4 aromatic rings. The molecular formula is C26H23ClN6O2. The molecule has 2 aromatic heterocycles. The van der Waals surface area contributed by atoms with Gasteiger partial charge in [-0.1, -0.05) is 47.5 Å². The van der Waals surface area contributed by atoms with Gasteiger partial charge in [0.05, 0.1) is 23.6 Å². The molecular weight excluding hydrogens is 464 g/mol. The SMILES string of the molecule is Cc1cccc(C(=O)Cn2cnc3c(C#N)c(N4CCNCC4)n(-c4ccccc4Cl)c3c2=O)c1. The first-order valence-electron chi connectivity index (χ1n) is 11.3. The fraction of sp³-hybridized carbons (Fsp3) is 0.231. The fourth-order valence-electron chi connectivity index (χ4n) is 4.51. The summed E-state index contributed by atoms with van der Waals surface area (Å²) in [7, 11) is 0. The number of carbonyl (C=O) groups excluding carboxylic acids is 1. The summed E-state index contributed by atoms with van der Waals surface area (Å²) in [6.45, 7) is 4.57. The van der Waals surface area contributed by atoms with Gasteiger partial charge < -0.3 is 10.2 Å². The topological polar surface area (TPSA) is 95.9 Å². The monoisotopic (exact) mass is 486 g/mol. The molecule has 35 heavy (non-hydrogen) atoms. The minimum atomic E-state index is -0.409. The first-order chi connectivity index (χ1) is 17.0. The Balaban J connectivity index is 1.74. The number of halogens is 1. The van der Waals surface area contributed by atoms with Crippen LogP contribution in [0.15, 0.2) is 59.7 Å². The van der Waals surface area contributed by atoms with E-state index in [1.54, 1.807) is 22.8 Å². The van der Waals surface area contributed by atoms with E-state index in [1.807, 2.05) is 37.3 Å². The van der Waals surface area contributed by atoms with Crippen molar-refractivity contribution in [2.45, 2.75) is 13.5 Å². The number of carbonyl (C=O) groups is 1. The maximum absolute atomic E-state index is 13.8. The zero-order chi connectivity index (χ0) is 24.5. The molecule has 0 saturated carbocycles. The van der Waals surface area contributed by atoms with Gasteiger partial charge in [-0.2, -0.15) is 5.26 Å². The van der Waals surface area contributed by atoms with Gasteiger partial charge in [0.1, 0.15) is 28.5 Å². The number of aromatic nitrogens is 3. The number of hydrogen-bond donors (Lipinski definition) is 1. The zero-order valence-electron chi connectivity index (χ0n) is 19.2. The predicted octanol–water partition coefficient (Wildman–Crippen LogP) is 3.31. The van der Waals surface area contributed by atoms with Crippen LogP contribution in [-0.4, -0.2) is 46.1 Å². The maximum Gasteiger partial charge on any atom is 0.278 e. The van der Waals surface area contributed by atoms with Gasteiger partial charge in [-0.25, -0.2) is 4.98 Å². The van der Waals surface area contributed by atoms with Gasteiger partial charge in [-0.3, -0.25) is 18.7 Å². The Kier molecular flexibility index (Phi) is 6.12. The molecule has 0 aliphatic carbocycles. The van der Waals surface area contributed by atoms with Crippen molar-refractivity contribution in [2.24, 2.45) is 0 Å². The molecule has 9 heteroatoms. The van der Waals surface area contributed by atoms with Gasteiger partial charge in [0.15, 0.2) is 5.78 Å². The highest BCUT2D eigenvalue weighted by Crippen LogP contribution is 2.35. The van der Waals surface area contributed by atoms with Crippen LogP contribution in [0.3, 0.4) is 0 Å². The molecule has 5 rings (SSSR count). The van der Waals surface area contributed by atoms with Crippen LogP contribution in [0.2, 0.25) is 5.02 Å². The molecule has 1 N–H and O–H groups in total. The van der Waals surface area contributed by atoms with Crippen LogP contribution in [-0.2, 0) is 6.54 Å². The average molecular weight is 487 g/mol. The van der Waals surface area contributed by atoms with E-state index >= 15 is 0 Å². The predicted molar refractivity (Wildman–Crippen MR) is 136 cm³/mol. The Morgan fingerprint density at radius 1 is 1.17 bits per heavy atom. The Bertz CT molecular complexity index is 1540. The van der Waals surface area contributed by atoms with Crippen LogP contribution in [0.4, 0.5) is 5.82 Å². The zero-order valence-corrected chi connectivity index (χ0v) is 19.9. The number of Topliss-reactive ketones (excluding diaryl/α,β-unsaturated/α-hetero) is 1. The van der Waals surface area contributed by atoms with Crippen LogP contribution < -0.4 is 15.8 Å². The van der Waals surface area contributed by atoms with Gasteiger partial charge in [0.2, 0.25) is 0 Å². The summed E-state index contributed by atoms with van der Waals surface area (Å²) in [5, 5.41) is 13.9. The number of aryl methyl sites for hydroxylation is 1. The highest BCUT2D eigenvalue weighted by Gasteiger charge is 2.28. The quantitative estimate of drug-likeness (QED) is 0.435. The number of fused-ring (bicyclic) bond motifs is 1. The smallest absolute Gasteiger partial charge is 0.278 e. The number of nitriles is 1. The van der Waals surface area contributed by atoms with Gasteiger partial charge in [-0.05, 0) is 25.1 Å². The number of benzene rings is 2. The number of para-hydroxylation sites is 1. The summed E-state index contributed by atoms with van der Waals surface area (Å²) in [6, 6.07) is 16.7. The van der Waals surface area contributed by atoms with Crippen molar-refractivity contribution in [3.63, 3.8) is 0 Å². The highest BCUT2D eigenvalue weighted by molar-refractivity contribution is 6.32. The Morgan fingerprint density at radius 2 is 1.94 bits per heavy atom. The lowest BCUT2D eigenvalue weighted by Crippen LogP contribution is -2.44. The third-order valence-electron chi connectivity index (χ3n) is 6.19. The second-order valence-electron chi connectivity index (χ2n) is 8.50. The van der Waals surface area contributed by atoms with E-state index in [4.69, 9.17) is 11.6 Å². The van der Waals surface area contributed by atoms with E-state index in [1.165, 1.54) is 10.9 Å². The van der Waals surface area contributed by atoms with Crippen LogP contribution in [0.25, 0.3) is 16.7 Å². The summed E-state index contributed by atoms with van der Waals surface area (Å²) < 4.78 is 3.02. The normalized spacial score (nSPS) is 13.7. The van der Waals surface area contributed by atoms with Crippen molar-refractivity contribution in [2.75, 3.05) is 31.1 Å². The molecule has 0 radical (unpaired) electrons. The molecule has 8 nitrogen and oxygen atoms in total. The van der Waals surface area contributed by atoms with E-state index < -0.39 is 5.56 Å². The fourth-order valence-corrected chi connectivity index (χ4v) is 4.73. The minimum absolute atomic E-state index is 0.163. The molecule has 0 unspecified atom stereocenters. The second kappa shape index (κ2) is 9.37. The lowest BCUT2D eigenvalue weighted by atomic mass is 10.1. The number of piperazine rings is 1. The lowest BCUT2D eigenvalue weighted by molar-refractivity contribution is 0.0970. The Morgan fingerprint density at radius 3 is 2.66 bits per heavy atom. The second-order valence-corrected chi connectivity index (χ2v) is 8.91. The number of hydrogen-bond acceptors (Lipinski definition) is 6. The van der Waals surface area contributed by atoms with E-state index in [2.05, 4.69) is 21.3 Å². The van der Waals surface area contributed by atoms with E-state index in [0.717, 1.165) is 18.7 Å². The van der Waals surface area contributed by atoms with Crippen LogP contribution in [0.5, 0.6) is 0 Å². The first-order valence-corrected chi connectivity index (χ1v) is 11.7. The highest BCUT2D eigenvalue weighted by atomic mass is 35.5. The molecule has 0 atom stereocenters. The van der Waals surface area contributed by atoms with Gasteiger partial charge in [0, 0.05) is 31.7 Å². The minimum Gasteiger partial charge on any atom is -0.354 e. The van der Waals surface area contributed by atoms with Gasteiger partial charge >= 0.3 is 0 Å². The number of anilines is 1. The molecule has 0 amide bonds. The van der Waals surface area contributed by atoms with Gasteiger partial charge in [0.25, 0.3) is 5.56 Å². The molecule has 176 valence electrons. The Hall–Kier alpha value is -3.93. The van der Waals surface area contributed by atoms with Crippen LogP contribution in [0.1, 0.15) is 21.5 Å². The summed E-state index contributed by atoms with van der Waals surface area (Å²) in [5.41, 5.74) is 2.50. The molecule has 1 aliphatic rings. The van der Waals surface area contributed by atoms with Crippen molar-refractivity contribution in [1.29, 1.82) is 5.26 Å². The van der Waals surface area contributed by atoms with Crippen molar-refractivity contribution < 1.29 is 4.79 Å². The van der Waals surface area contributed by atoms with E-state index in [-0.39, 0.29) is 17.8 Å². The molecule has 2 aromatic carbocycles. The van der Waals surface area contributed by atoms with Crippen LogP contribution in [0, 0.1) is 18.3 Å². The van der Waals surface area contributed by atoms with Crippen molar-refractivity contribution in [3.05, 3.63) is 86.9 Å². The molecule has 1 fully saturated rings. The van der Waals surface area contributed by atoms with E-state index in [9.17, 15) is 14.9 Å². The number of nitrogens with zero attached hydrogens (tertiary/aromatic N) is 5. The number of rotatable bonds is 5. The summed E-state index contributed by atoms with van der Waals surface area (Å²) in [5.74, 6) is 0.389. The number of nitrogens with one attached hydrogen (secondary N) is 1. The molecule has 0 bridgehead atoms. The summed E-state index contributed by atoms with van der Waals surface area (Å²) >= 11 is 6.58. The van der Waals surface area contributed by atoms with E-state index in [0.29, 0.717) is 46.3 Å². The lowest BCUT2D eigenvalue weighted by Gasteiger charge is -2.30. The van der Waals surface area contributed by atoms with Gasteiger partial charge in [-0.15, -0.1) is 0 Å².